The largest absolute Gasteiger partial charge is 0.417 e. The number of benzene rings is 1. The summed E-state index contributed by atoms with van der Waals surface area (Å²) in [5.41, 5.74) is 1.94. The van der Waals surface area contributed by atoms with E-state index in [1.165, 1.54) is 11.3 Å². The number of hydrogen-bond acceptors (Lipinski definition) is 4. The summed E-state index contributed by atoms with van der Waals surface area (Å²) in [4.78, 5) is 13.9. The molecule has 0 radical (unpaired) electrons. The van der Waals surface area contributed by atoms with Crippen molar-refractivity contribution in [3.63, 3.8) is 0 Å². The highest BCUT2D eigenvalue weighted by Crippen LogP contribution is 2.40. The van der Waals surface area contributed by atoms with Crippen molar-refractivity contribution in [2.45, 2.75) is 63.3 Å². The van der Waals surface area contributed by atoms with Gasteiger partial charge in [-0.1, -0.05) is 6.07 Å². The molecule has 0 fully saturated rings. The van der Waals surface area contributed by atoms with Gasteiger partial charge in [0.25, 0.3) is 0 Å². The van der Waals surface area contributed by atoms with Crippen LogP contribution in [0, 0.1) is 0 Å². The molecule has 1 heterocycles. The molecule has 2 rings (SSSR count). The number of aliphatic hydroxyl groups excluding tert-OH is 1. The lowest BCUT2D eigenvalue weighted by molar-refractivity contribution is -0.162. The molecular weight excluding hydrogens is 456 g/mol. The van der Waals surface area contributed by atoms with Crippen LogP contribution in [0.2, 0.25) is 0 Å². The molecule has 0 spiro atoms. The molecule has 0 amide bonds. The van der Waals surface area contributed by atoms with E-state index in [1.807, 2.05) is 6.07 Å². The maximum absolute atomic E-state index is 13.0. The van der Waals surface area contributed by atoms with Crippen molar-refractivity contribution in [3.05, 3.63) is 56.8 Å². The van der Waals surface area contributed by atoms with Gasteiger partial charge in [-0.2, -0.15) is 26.3 Å². The van der Waals surface area contributed by atoms with Gasteiger partial charge in [-0.15, -0.1) is 11.3 Å². The van der Waals surface area contributed by atoms with Gasteiger partial charge < -0.3 is 10.8 Å². The van der Waals surface area contributed by atoms with E-state index in [-0.39, 0.29) is 30.8 Å². The number of carbonyl (C=O) groups excluding carboxylic acids is 1. The highest BCUT2D eigenvalue weighted by atomic mass is 32.1. The molecule has 0 aliphatic heterocycles. The van der Waals surface area contributed by atoms with Gasteiger partial charge >= 0.3 is 12.4 Å². The number of aryl methyl sites for hydroxylation is 2. The molecule has 32 heavy (non-hydrogen) atoms. The van der Waals surface area contributed by atoms with Crippen molar-refractivity contribution in [2.75, 3.05) is 6.61 Å². The Kier molecular flexibility index (Phi) is 8.52. The van der Waals surface area contributed by atoms with Gasteiger partial charge in [0.1, 0.15) is 0 Å². The number of nitrogens with two attached hydrogens (primary N) is 1. The van der Waals surface area contributed by atoms with Crippen LogP contribution in [0.5, 0.6) is 0 Å². The minimum atomic E-state index is -5.10. The van der Waals surface area contributed by atoms with Gasteiger partial charge in [0.2, 0.25) is 0 Å². The second-order valence-electron chi connectivity index (χ2n) is 8.08. The van der Waals surface area contributed by atoms with Crippen LogP contribution in [-0.4, -0.2) is 23.0 Å². The maximum atomic E-state index is 13.0. The van der Waals surface area contributed by atoms with Crippen LogP contribution < -0.4 is 5.73 Å². The van der Waals surface area contributed by atoms with E-state index in [4.69, 9.17) is 5.73 Å². The van der Waals surface area contributed by atoms with E-state index < -0.39 is 29.0 Å². The minimum Gasteiger partial charge on any atom is -0.394 e. The topological polar surface area (TPSA) is 63.3 Å². The molecule has 0 saturated heterocycles. The Bertz CT molecular complexity index is 918. The Hall–Kier alpha value is -1.91. The van der Waals surface area contributed by atoms with Crippen LogP contribution in [0.4, 0.5) is 26.3 Å². The molecule has 1 aromatic carbocycles. The van der Waals surface area contributed by atoms with E-state index in [2.05, 4.69) is 0 Å². The Morgan fingerprint density at radius 2 is 1.62 bits per heavy atom. The van der Waals surface area contributed by atoms with Gasteiger partial charge in [0, 0.05) is 16.8 Å². The molecule has 1 unspecified atom stereocenters. The third-order valence-electron chi connectivity index (χ3n) is 5.05. The molecule has 0 aliphatic carbocycles. The monoisotopic (exact) mass is 481 g/mol. The Labute approximate surface area is 186 Å². The van der Waals surface area contributed by atoms with Gasteiger partial charge in [0.05, 0.1) is 22.6 Å². The summed E-state index contributed by atoms with van der Waals surface area (Å²) in [6.45, 7) is 1.59. The molecule has 1 aromatic heterocycles. The van der Waals surface area contributed by atoms with Crippen LogP contribution in [0.1, 0.15) is 63.8 Å². The Balaban J connectivity index is 1.89. The number of rotatable bonds is 10. The first-order valence-corrected chi connectivity index (χ1v) is 10.8. The smallest absolute Gasteiger partial charge is 0.394 e. The molecule has 3 N–H and O–H groups in total. The molecule has 1 atom stereocenters. The van der Waals surface area contributed by atoms with Gasteiger partial charge in [0.15, 0.2) is 5.78 Å². The third kappa shape index (κ3) is 7.60. The number of ketones is 1. The second kappa shape index (κ2) is 10.4. The van der Waals surface area contributed by atoms with Crippen molar-refractivity contribution in [1.82, 2.24) is 0 Å². The standard InChI is InChI=1S/C22H25F6NO2S/c1-20(29,13-30)11-10-15-7-9-19(32-15)18(31)5-3-2-4-14-6-8-16(21(23,24)25)17(12-14)22(26,27)28/h6-9,12,30H,2-5,10-11,13,29H2,1H3. The number of thiophene rings is 1. The number of hydrogen-bond donors (Lipinski definition) is 2. The average molecular weight is 482 g/mol. The number of alkyl halides is 6. The summed E-state index contributed by atoms with van der Waals surface area (Å²) in [6.07, 6.45) is -7.90. The predicted molar refractivity (Wildman–Crippen MR) is 111 cm³/mol. The number of carbonyl (C=O) groups is 1. The van der Waals surface area contributed by atoms with E-state index >= 15 is 0 Å². The van der Waals surface area contributed by atoms with Crippen molar-refractivity contribution < 1.29 is 36.2 Å². The molecule has 2 aromatic rings. The van der Waals surface area contributed by atoms with Crippen LogP contribution in [0.15, 0.2) is 30.3 Å². The third-order valence-corrected chi connectivity index (χ3v) is 6.24. The van der Waals surface area contributed by atoms with Crippen LogP contribution in [-0.2, 0) is 25.2 Å². The lowest BCUT2D eigenvalue weighted by Gasteiger charge is -2.20. The summed E-state index contributed by atoms with van der Waals surface area (Å²) in [7, 11) is 0. The Morgan fingerprint density at radius 3 is 2.22 bits per heavy atom. The van der Waals surface area contributed by atoms with Crippen molar-refractivity contribution >= 4 is 17.1 Å². The molecule has 10 heteroatoms. The highest BCUT2D eigenvalue weighted by Gasteiger charge is 2.42. The zero-order chi connectivity index (χ0) is 24.2. The van der Waals surface area contributed by atoms with E-state index in [1.54, 1.807) is 13.0 Å². The lowest BCUT2D eigenvalue weighted by Crippen LogP contribution is -2.40. The molecule has 178 valence electrons. The van der Waals surface area contributed by atoms with Crippen molar-refractivity contribution in [3.8, 4) is 0 Å². The fourth-order valence-corrected chi connectivity index (χ4v) is 4.09. The summed E-state index contributed by atoms with van der Waals surface area (Å²) < 4.78 is 77.6. The summed E-state index contributed by atoms with van der Waals surface area (Å²) in [5.74, 6) is -0.0951. The first kappa shape index (κ1) is 26.3. The van der Waals surface area contributed by atoms with Crippen LogP contribution in [0.3, 0.4) is 0 Å². The van der Waals surface area contributed by atoms with E-state index in [0.29, 0.717) is 42.7 Å². The van der Waals surface area contributed by atoms with E-state index in [0.717, 1.165) is 10.9 Å². The number of unbranched alkanes of at least 4 members (excludes halogenated alkanes) is 1. The lowest BCUT2D eigenvalue weighted by atomic mass is 9.98. The molecule has 3 nitrogen and oxygen atoms in total. The van der Waals surface area contributed by atoms with Crippen LogP contribution >= 0.6 is 11.3 Å². The molecular formula is C22H25F6NO2S. The van der Waals surface area contributed by atoms with Crippen molar-refractivity contribution in [1.29, 1.82) is 0 Å². The summed E-state index contributed by atoms with van der Waals surface area (Å²) in [5, 5.41) is 9.19. The first-order valence-electron chi connectivity index (χ1n) is 10.0. The molecule has 0 bridgehead atoms. The maximum Gasteiger partial charge on any atom is 0.417 e. The fourth-order valence-electron chi connectivity index (χ4n) is 3.12. The quantitative estimate of drug-likeness (QED) is 0.248. The average Bonchev–Trinajstić information content (AvgIpc) is 3.17. The summed E-state index contributed by atoms with van der Waals surface area (Å²) in [6, 6.07) is 5.57. The predicted octanol–water partition coefficient (Wildman–Crippen LogP) is 6.02. The first-order chi connectivity index (χ1) is 14.7. The van der Waals surface area contributed by atoms with Crippen LogP contribution in [0.25, 0.3) is 0 Å². The number of Topliss-reactive ketones (excluding diaryl/α,β-unsaturated/α-hetero) is 1. The zero-order valence-electron chi connectivity index (χ0n) is 17.4. The summed E-state index contributed by atoms with van der Waals surface area (Å²) >= 11 is 1.34. The number of halogens is 6. The fraction of sp³-hybridized carbons (Fsp3) is 0.500. The molecule has 0 aliphatic rings. The van der Waals surface area contributed by atoms with Gasteiger partial charge in [-0.25, -0.2) is 0 Å². The normalized spacial score (nSPS) is 14.4. The SMILES string of the molecule is CC(N)(CO)CCc1ccc(C(=O)CCCCc2ccc(C(F)(F)F)c(C(F)(F)F)c2)s1. The second-order valence-corrected chi connectivity index (χ2v) is 9.25. The van der Waals surface area contributed by atoms with Gasteiger partial charge in [-0.05, 0) is 68.9 Å². The number of aliphatic hydroxyl groups is 1. The molecule has 0 saturated carbocycles. The van der Waals surface area contributed by atoms with Crippen molar-refractivity contribution in [2.24, 2.45) is 5.73 Å². The zero-order valence-corrected chi connectivity index (χ0v) is 18.3. The minimum absolute atomic E-state index is 0.0951. The highest BCUT2D eigenvalue weighted by molar-refractivity contribution is 7.14. The van der Waals surface area contributed by atoms with E-state index in [9.17, 15) is 36.2 Å². The Morgan fingerprint density at radius 1 is 0.969 bits per heavy atom. The van der Waals surface area contributed by atoms with Gasteiger partial charge in [-0.3, -0.25) is 4.79 Å².